The fourth-order valence-corrected chi connectivity index (χ4v) is 2.35. The van der Waals surface area contributed by atoms with Gasteiger partial charge in [0.2, 0.25) is 5.91 Å². The molecule has 1 amide bonds. The zero-order chi connectivity index (χ0) is 13.4. The molecule has 1 fully saturated rings. The molecular formula is C13H24N2O3. The minimum absolute atomic E-state index is 0.00715. The number of carboxylic acid groups (broad SMARTS) is 1. The quantitative estimate of drug-likeness (QED) is 0.719. The van der Waals surface area contributed by atoms with Crippen LogP contribution in [0.4, 0.5) is 0 Å². The predicted molar refractivity (Wildman–Crippen MR) is 69.4 cm³/mol. The first-order valence-corrected chi connectivity index (χ1v) is 6.85. The third-order valence-corrected chi connectivity index (χ3v) is 3.43. The number of aliphatic carboxylic acids is 1. The van der Waals surface area contributed by atoms with Crippen molar-refractivity contribution in [1.82, 2.24) is 10.2 Å². The fraction of sp³-hybridized carbons (Fsp3) is 0.846. The smallest absolute Gasteiger partial charge is 0.317 e. The van der Waals surface area contributed by atoms with Gasteiger partial charge in [0.25, 0.3) is 0 Å². The molecule has 5 nitrogen and oxygen atoms in total. The maximum absolute atomic E-state index is 11.7. The minimum atomic E-state index is -0.843. The summed E-state index contributed by atoms with van der Waals surface area (Å²) in [4.78, 5) is 24.1. The van der Waals surface area contributed by atoms with Crippen LogP contribution in [0.1, 0.15) is 45.4 Å². The van der Waals surface area contributed by atoms with Gasteiger partial charge < -0.3 is 10.4 Å². The molecule has 1 saturated carbocycles. The van der Waals surface area contributed by atoms with Crippen molar-refractivity contribution < 1.29 is 14.7 Å². The van der Waals surface area contributed by atoms with Gasteiger partial charge in [-0.1, -0.05) is 26.2 Å². The molecule has 2 N–H and O–H groups in total. The lowest BCUT2D eigenvalue weighted by atomic mass is 9.95. The molecule has 0 saturated heterocycles. The number of nitrogens with one attached hydrogen (secondary N) is 1. The molecule has 1 aliphatic rings. The topological polar surface area (TPSA) is 69.6 Å². The number of hydrogen-bond donors (Lipinski definition) is 2. The monoisotopic (exact) mass is 256 g/mol. The first-order valence-electron chi connectivity index (χ1n) is 6.85. The van der Waals surface area contributed by atoms with Gasteiger partial charge in [-0.15, -0.1) is 0 Å². The maximum Gasteiger partial charge on any atom is 0.317 e. The van der Waals surface area contributed by atoms with Crippen LogP contribution in [0.15, 0.2) is 0 Å². The molecule has 0 aromatic carbocycles. The third-order valence-electron chi connectivity index (χ3n) is 3.43. The number of carboxylic acids is 1. The highest BCUT2D eigenvalue weighted by molar-refractivity contribution is 5.76. The van der Waals surface area contributed by atoms with Crippen LogP contribution in [0.3, 0.4) is 0 Å². The van der Waals surface area contributed by atoms with Crippen molar-refractivity contribution in [2.75, 3.05) is 19.6 Å². The maximum atomic E-state index is 11.7. The zero-order valence-electron chi connectivity index (χ0n) is 11.2. The molecule has 0 aliphatic heterocycles. The second kappa shape index (κ2) is 8.08. The van der Waals surface area contributed by atoms with Gasteiger partial charge in [-0.05, 0) is 19.4 Å². The molecule has 0 atom stereocenters. The van der Waals surface area contributed by atoms with Crippen LogP contribution in [0.25, 0.3) is 0 Å². The van der Waals surface area contributed by atoms with Gasteiger partial charge in [0.15, 0.2) is 0 Å². The van der Waals surface area contributed by atoms with Crippen LogP contribution in [-0.4, -0.2) is 47.6 Å². The number of nitrogens with zero attached hydrogens (tertiary/aromatic N) is 1. The Bertz CT molecular complexity index is 275. The average molecular weight is 256 g/mol. The van der Waals surface area contributed by atoms with E-state index in [0.29, 0.717) is 25.6 Å². The lowest BCUT2D eigenvalue weighted by Gasteiger charge is -2.23. The molecule has 0 spiro atoms. The Balaban J connectivity index is 2.20. The Morgan fingerprint density at radius 1 is 1.28 bits per heavy atom. The third kappa shape index (κ3) is 6.00. The lowest BCUT2D eigenvalue weighted by Crippen LogP contribution is -2.39. The van der Waals surface area contributed by atoms with Crippen LogP contribution >= 0.6 is 0 Å². The summed E-state index contributed by atoms with van der Waals surface area (Å²) in [5.41, 5.74) is 0. The van der Waals surface area contributed by atoms with Crippen LogP contribution in [0.2, 0.25) is 0 Å². The van der Waals surface area contributed by atoms with Gasteiger partial charge in [-0.25, -0.2) is 0 Å². The van der Waals surface area contributed by atoms with Crippen LogP contribution in [0.5, 0.6) is 0 Å². The number of hydrogen-bond acceptors (Lipinski definition) is 3. The van der Waals surface area contributed by atoms with Crippen LogP contribution in [-0.2, 0) is 9.59 Å². The first kappa shape index (κ1) is 15.0. The van der Waals surface area contributed by atoms with E-state index in [-0.39, 0.29) is 12.5 Å². The zero-order valence-corrected chi connectivity index (χ0v) is 11.2. The molecule has 104 valence electrons. The van der Waals surface area contributed by atoms with Gasteiger partial charge in [-0.3, -0.25) is 14.5 Å². The van der Waals surface area contributed by atoms with Gasteiger partial charge in [0, 0.05) is 19.0 Å². The molecule has 18 heavy (non-hydrogen) atoms. The second-order valence-electron chi connectivity index (χ2n) is 4.91. The SMILES string of the molecule is CCN(CCC(=O)NC1CCCCC1)CC(=O)O. The summed E-state index contributed by atoms with van der Waals surface area (Å²) in [6, 6.07) is 0.334. The normalized spacial score (nSPS) is 16.8. The van der Waals surface area contributed by atoms with Crippen LogP contribution < -0.4 is 5.32 Å². The Kier molecular flexibility index (Phi) is 6.72. The molecule has 0 aromatic heterocycles. The van der Waals surface area contributed by atoms with Gasteiger partial charge in [0.1, 0.15) is 0 Å². The Morgan fingerprint density at radius 3 is 2.50 bits per heavy atom. The Hall–Kier alpha value is -1.10. The summed E-state index contributed by atoms with van der Waals surface area (Å²) >= 11 is 0. The Labute approximate surface area is 109 Å². The van der Waals surface area contributed by atoms with Crippen molar-refractivity contribution in [3.8, 4) is 0 Å². The molecule has 0 heterocycles. The van der Waals surface area contributed by atoms with E-state index in [2.05, 4.69) is 5.32 Å². The first-order chi connectivity index (χ1) is 8.61. The minimum Gasteiger partial charge on any atom is -0.480 e. The molecule has 1 rings (SSSR count). The van der Waals surface area contributed by atoms with Crippen molar-refractivity contribution in [2.45, 2.75) is 51.5 Å². The van der Waals surface area contributed by atoms with E-state index in [1.165, 1.54) is 19.3 Å². The van der Waals surface area contributed by atoms with E-state index >= 15 is 0 Å². The molecule has 0 aromatic rings. The highest BCUT2D eigenvalue weighted by Crippen LogP contribution is 2.17. The van der Waals surface area contributed by atoms with E-state index in [0.717, 1.165) is 12.8 Å². The number of rotatable bonds is 7. The summed E-state index contributed by atoms with van der Waals surface area (Å²) < 4.78 is 0. The highest BCUT2D eigenvalue weighted by Gasteiger charge is 2.16. The number of amides is 1. The van der Waals surface area contributed by atoms with Crippen molar-refractivity contribution in [3.05, 3.63) is 0 Å². The average Bonchev–Trinajstić information content (AvgIpc) is 2.35. The second-order valence-corrected chi connectivity index (χ2v) is 4.91. The standard InChI is InChI=1S/C13H24N2O3/c1-2-15(10-13(17)18)9-8-12(16)14-11-6-4-3-5-7-11/h11H,2-10H2,1H3,(H,14,16)(H,17,18). The highest BCUT2D eigenvalue weighted by atomic mass is 16.4. The molecule has 0 radical (unpaired) electrons. The van der Waals surface area contributed by atoms with E-state index in [9.17, 15) is 9.59 Å². The van der Waals surface area contributed by atoms with Crippen molar-refractivity contribution in [3.63, 3.8) is 0 Å². The van der Waals surface area contributed by atoms with Crippen LogP contribution in [0, 0.1) is 0 Å². The van der Waals surface area contributed by atoms with E-state index in [4.69, 9.17) is 5.11 Å². The summed E-state index contributed by atoms with van der Waals surface area (Å²) in [6.45, 7) is 3.08. The van der Waals surface area contributed by atoms with Gasteiger partial charge in [0.05, 0.1) is 6.54 Å². The summed E-state index contributed by atoms with van der Waals surface area (Å²) in [5.74, 6) is -0.796. The van der Waals surface area contributed by atoms with Crippen molar-refractivity contribution in [2.24, 2.45) is 0 Å². The Morgan fingerprint density at radius 2 is 1.94 bits per heavy atom. The largest absolute Gasteiger partial charge is 0.480 e. The summed E-state index contributed by atoms with van der Waals surface area (Å²) in [5, 5.41) is 11.7. The number of carbonyl (C=O) groups excluding carboxylic acids is 1. The van der Waals surface area contributed by atoms with E-state index in [1.807, 2.05) is 6.92 Å². The van der Waals surface area contributed by atoms with E-state index < -0.39 is 5.97 Å². The molecule has 0 unspecified atom stereocenters. The molecular weight excluding hydrogens is 232 g/mol. The molecule has 1 aliphatic carbocycles. The number of likely N-dealkylation sites (N-methyl/N-ethyl adjacent to an activating group) is 1. The predicted octanol–water partition coefficient (Wildman–Crippen LogP) is 1.23. The van der Waals surface area contributed by atoms with Crippen molar-refractivity contribution >= 4 is 11.9 Å². The van der Waals surface area contributed by atoms with E-state index in [1.54, 1.807) is 4.90 Å². The fourth-order valence-electron chi connectivity index (χ4n) is 2.35. The lowest BCUT2D eigenvalue weighted by molar-refractivity contribution is -0.138. The summed E-state index contributed by atoms with van der Waals surface area (Å²) in [7, 11) is 0. The van der Waals surface area contributed by atoms with Gasteiger partial charge >= 0.3 is 5.97 Å². The number of carbonyl (C=O) groups is 2. The molecule has 5 heteroatoms. The summed E-state index contributed by atoms with van der Waals surface area (Å²) in [6.07, 6.45) is 6.22. The van der Waals surface area contributed by atoms with Crippen molar-refractivity contribution in [1.29, 1.82) is 0 Å². The van der Waals surface area contributed by atoms with Gasteiger partial charge in [-0.2, -0.15) is 0 Å². The molecule has 0 bridgehead atoms.